The number of amides is 1. The first-order valence-electron chi connectivity index (χ1n) is 6.32. The summed E-state index contributed by atoms with van der Waals surface area (Å²) >= 11 is 1.05. The molecule has 22 heavy (non-hydrogen) atoms. The van der Waals surface area contributed by atoms with Crippen LogP contribution in [0, 0.1) is 0 Å². The van der Waals surface area contributed by atoms with Crippen LogP contribution in [0.5, 0.6) is 11.5 Å². The van der Waals surface area contributed by atoms with Crippen LogP contribution in [0.25, 0.3) is 0 Å². The Bertz CT molecular complexity index is 688. The first-order valence-corrected chi connectivity index (χ1v) is 7.20. The maximum Gasteiger partial charge on any atom is 0.305 e. The molecule has 8 nitrogen and oxygen atoms in total. The largest absolute Gasteiger partial charge is 0.481 e. The van der Waals surface area contributed by atoms with Crippen molar-refractivity contribution in [3.8, 4) is 11.5 Å². The van der Waals surface area contributed by atoms with Crippen molar-refractivity contribution in [3.63, 3.8) is 0 Å². The number of ether oxygens (including phenoxy) is 2. The predicted molar refractivity (Wildman–Crippen MR) is 79.4 cm³/mol. The zero-order valence-electron chi connectivity index (χ0n) is 11.2. The third kappa shape index (κ3) is 3.19. The van der Waals surface area contributed by atoms with Gasteiger partial charge in [-0.1, -0.05) is 11.8 Å². The summed E-state index contributed by atoms with van der Waals surface area (Å²) in [5, 5.41) is 18.6. The summed E-state index contributed by atoms with van der Waals surface area (Å²) in [5.41, 5.74) is 0.769. The van der Waals surface area contributed by atoms with E-state index in [-0.39, 0.29) is 24.3 Å². The molecule has 1 fully saturated rings. The minimum absolute atomic E-state index is 0.200. The van der Waals surface area contributed by atoms with Crippen molar-refractivity contribution in [1.29, 1.82) is 0 Å². The third-order valence-corrected chi connectivity index (χ3v) is 3.96. The molecule has 1 amide bonds. The van der Waals surface area contributed by atoms with Gasteiger partial charge in [0.15, 0.2) is 16.7 Å². The number of carboxylic acids is 1. The van der Waals surface area contributed by atoms with Crippen LogP contribution in [0.2, 0.25) is 0 Å². The van der Waals surface area contributed by atoms with Crippen LogP contribution in [-0.4, -0.2) is 40.4 Å². The summed E-state index contributed by atoms with van der Waals surface area (Å²) in [6.07, 6.45) is 1.26. The van der Waals surface area contributed by atoms with Crippen molar-refractivity contribution in [1.82, 2.24) is 5.32 Å². The minimum atomic E-state index is -1.03. The topological polar surface area (TPSA) is 110 Å². The standard InChI is InChI=1S/C13H11N3O5S/c17-11(18)4-10-12(19)15-13(22-10)16-14-5-7-1-2-8-9(3-7)21-6-20-8/h1-3,5,10H,4,6H2,(H,17,18)(H,15,16,19). The van der Waals surface area contributed by atoms with Crippen molar-refractivity contribution >= 4 is 35.0 Å². The lowest BCUT2D eigenvalue weighted by molar-refractivity contribution is -0.138. The van der Waals surface area contributed by atoms with Gasteiger partial charge in [-0.25, -0.2) is 0 Å². The molecule has 0 spiro atoms. The highest BCUT2D eigenvalue weighted by atomic mass is 32.2. The number of rotatable bonds is 4. The molecular weight excluding hydrogens is 310 g/mol. The minimum Gasteiger partial charge on any atom is -0.481 e. The van der Waals surface area contributed by atoms with Gasteiger partial charge in [-0.2, -0.15) is 5.10 Å². The SMILES string of the molecule is O=C(O)CC1SC(=NN=Cc2ccc3c(c2)OCO3)NC1=O. The fourth-order valence-corrected chi connectivity index (χ4v) is 2.80. The van der Waals surface area contributed by atoms with Crippen LogP contribution in [0.15, 0.2) is 28.4 Å². The lowest BCUT2D eigenvalue weighted by atomic mass is 10.2. The molecule has 1 unspecified atom stereocenters. The zero-order valence-corrected chi connectivity index (χ0v) is 12.0. The molecule has 0 bridgehead atoms. The van der Waals surface area contributed by atoms with E-state index >= 15 is 0 Å². The van der Waals surface area contributed by atoms with E-state index in [4.69, 9.17) is 14.6 Å². The van der Waals surface area contributed by atoms with Crippen LogP contribution >= 0.6 is 11.8 Å². The molecule has 1 saturated heterocycles. The molecule has 0 aliphatic carbocycles. The predicted octanol–water partition coefficient (Wildman–Crippen LogP) is 0.811. The van der Waals surface area contributed by atoms with E-state index in [9.17, 15) is 9.59 Å². The Morgan fingerprint density at radius 3 is 3.09 bits per heavy atom. The Hall–Kier alpha value is -2.55. The smallest absolute Gasteiger partial charge is 0.305 e. The maximum absolute atomic E-state index is 11.5. The third-order valence-electron chi connectivity index (χ3n) is 2.89. The van der Waals surface area contributed by atoms with Crippen molar-refractivity contribution in [2.75, 3.05) is 6.79 Å². The highest BCUT2D eigenvalue weighted by Crippen LogP contribution is 2.32. The van der Waals surface area contributed by atoms with Gasteiger partial charge in [0.2, 0.25) is 12.7 Å². The first kappa shape index (κ1) is 14.4. The summed E-state index contributed by atoms with van der Waals surface area (Å²) < 4.78 is 10.4. The van der Waals surface area contributed by atoms with Gasteiger partial charge in [0.1, 0.15) is 5.25 Å². The number of hydrogen-bond donors (Lipinski definition) is 2. The van der Waals surface area contributed by atoms with Crippen LogP contribution in [0.3, 0.4) is 0 Å². The van der Waals surface area contributed by atoms with Crippen LogP contribution in [-0.2, 0) is 9.59 Å². The molecule has 2 heterocycles. The number of nitrogens with one attached hydrogen (secondary N) is 1. The van der Waals surface area contributed by atoms with Crippen molar-refractivity contribution in [3.05, 3.63) is 23.8 Å². The van der Waals surface area contributed by atoms with E-state index in [1.807, 2.05) is 0 Å². The van der Waals surface area contributed by atoms with E-state index < -0.39 is 11.2 Å². The van der Waals surface area contributed by atoms with Gasteiger partial charge in [-0.3, -0.25) is 9.59 Å². The molecule has 2 aliphatic heterocycles. The fraction of sp³-hybridized carbons (Fsp3) is 0.231. The van der Waals surface area contributed by atoms with Crippen LogP contribution in [0.4, 0.5) is 0 Å². The fourth-order valence-electron chi connectivity index (χ4n) is 1.89. The highest BCUT2D eigenvalue weighted by Gasteiger charge is 2.32. The van der Waals surface area contributed by atoms with Crippen molar-refractivity contribution < 1.29 is 24.2 Å². The van der Waals surface area contributed by atoms with Gasteiger partial charge in [-0.05, 0) is 23.8 Å². The molecule has 2 aliphatic rings. The first-order chi connectivity index (χ1) is 10.6. The van der Waals surface area contributed by atoms with Gasteiger partial charge in [0, 0.05) is 0 Å². The van der Waals surface area contributed by atoms with Crippen LogP contribution in [0.1, 0.15) is 12.0 Å². The average molecular weight is 321 g/mol. The molecule has 9 heteroatoms. The van der Waals surface area contributed by atoms with Gasteiger partial charge >= 0.3 is 5.97 Å². The summed E-state index contributed by atoms with van der Waals surface area (Å²) in [4.78, 5) is 22.1. The second-order valence-corrected chi connectivity index (χ2v) is 5.65. The van der Waals surface area contributed by atoms with E-state index in [1.165, 1.54) is 6.21 Å². The Morgan fingerprint density at radius 2 is 2.27 bits per heavy atom. The highest BCUT2D eigenvalue weighted by molar-refractivity contribution is 8.15. The lowest BCUT2D eigenvalue weighted by Gasteiger charge is -1.98. The zero-order chi connectivity index (χ0) is 15.5. The number of nitrogens with zero attached hydrogens (tertiary/aromatic N) is 2. The normalized spacial score (nSPS) is 21.5. The molecule has 3 rings (SSSR count). The summed E-state index contributed by atoms with van der Waals surface area (Å²) in [7, 11) is 0. The van der Waals surface area contributed by atoms with Crippen molar-refractivity contribution in [2.45, 2.75) is 11.7 Å². The average Bonchev–Trinajstić information content (AvgIpc) is 3.05. The molecule has 114 valence electrons. The Labute approximate surface area is 129 Å². The number of hydrogen-bond acceptors (Lipinski definition) is 7. The second kappa shape index (κ2) is 6.06. The van der Waals surface area contributed by atoms with Gasteiger partial charge in [0.05, 0.1) is 12.6 Å². The summed E-state index contributed by atoms with van der Waals surface area (Å²) in [6, 6.07) is 5.33. The molecule has 0 radical (unpaired) electrons. The number of carbonyl (C=O) groups is 2. The Kier molecular flexibility index (Phi) is 3.96. The Balaban J connectivity index is 1.64. The van der Waals surface area contributed by atoms with E-state index in [0.717, 1.165) is 17.3 Å². The molecule has 0 aromatic heterocycles. The van der Waals surface area contributed by atoms with Gasteiger partial charge in [0.25, 0.3) is 0 Å². The van der Waals surface area contributed by atoms with E-state index in [0.29, 0.717) is 11.5 Å². The van der Waals surface area contributed by atoms with Crippen molar-refractivity contribution in [2.24, 2.45) is 10.2 Å². The summed E-state index contributed by atoms with van der Waals surface area (Å²) in [6.45, 7) is 0.200. The number of thioether (sulfide) groups is 1. The molecule has 1 aromatic carbocycles. The molecule has 1 atom stereocenters. The molecular formula is C13H11N3O5S. The van der Waals surface area contributed by atoms with Gasteiger partial charge in [-0.15, -0.1) is 5.10 Å². The quantitative estimate of drug-likeness (QED) is 0.627. The summed E-state index contributed by atoms with van der Waals surface area (Å²) in [5.74, 6) is -0.0811. The maximum atomic E-state index is 11.5. The number of carboxylic acid groups (broad SMARTS) is 1. The van der Waals surface area contributed by atoms with E-state index in [2.05, 4.69) is 15.5 Å². The second-order valence-electron chi connectivity index (χ2n) is 4.46. The van der Waals surface area contributed by atoms with Gasteiger partial charge < -0.3 is 19.9 Å². The molecule has 1 aromatic rings. The number of carbonyl (C=O) groups excluding carboxylic acids is 1. The lowest BCUT2D eigenvalue weighted by Crippen LogP contribution is -2.26. The molecule has 2 N–H and O–H groups in total. The Morgan fingerprint density at radius 1 is 1.45 bits per heavy atom. The number of fused-ring (bicyclic) bond motifs is 1. The number of benzene rings is 1. The molecule has 0 saturated carbocycles. The van der Waals surface area contributed by atoms with Crippen LogP contribution < -0.4 is 14.8 Å². The number of amidine groups is 1. The van der Waals surface area contributed by atoms with E-state index in [1.54, 1.807) is 18.2 Å². The number of aliphatic carboxylic acids is 1. The monoisotopic (exact) mass is 321 g/mol.